The average molecular weight is 443 g/mol. The lowest BCUT2D eigenvalue weighted by Crippen LogP contribution is -1.96. The summed E-state index contributed by atoms with van der Waals surface area (Å²) in [7, 11) is 3.07. The number of nitrogens with one attached hydrogen (secondary N) is 1. The Kier molecular flexibility index (Phi) is 5.15. The second kappa shape index (κ2) is 7.77. The van der Waals surface area contributed by atoms with Crippen molar-refractivity contribution in [2.75, 3.05) is 14.2 Å². The van der Waals surface area contributed by atoms with Gasteiger partial charge in [-0.15, -0.1) is 0 Å². The highest BCUT2D eigenvalue weighted by atomic mass is 35.5. The van der Waals surface area contributed by atoms with Crippen molar-refractivity contribution in [2.24, 2.45) is 0 Å². The lowest BCUT2D eigenvalue weighted by molar-refractivity contribution is -0.384. The molecule has 2 aromatic carbocycles. The van der Waals surface area contributed by atoms with E-state index in [0.717, 1.165) is 0 Å². The number of non-ortho nitro benzene ring substituents is 1. The fourth-order valence-corrected chi connectivity index (χ4v) is 3.63. The van der Waals surface area contributed by atoms with Crippen LogP contribution in [0, 0.1) is 14.9 Å². The SMILES string of the molecule is COc1cc(-c2cnc(=S)n3cc(-c4cccc([N+](=O)[O-])c4)[nH]c23)c(OC)cc1Cl. The van der Waals surface area contributed by atoms with Gasteiger partial charge in [0.1, 0.15) is 17.1 Å². The predicted molar refractivity (Wildman–Crippen MR) is 116 cm³/mol. The number of hydrogen-bond donors (Lipinski definition) is 1. The van der Waals surface area contributed by atoms with Gasteiger partial charge in [-0.3, -0.25) is 14.5 Å². The Labute approximate surface area is 180 Å². The normalized spacial score (nSPS) is 10.9. The first kappa shape index (κ1) is 19.9. The quantitative estimate of drug-likeness (QED) is 0.256. The number of aromatic nitrogens is 3. The lowest BCUT2D eigenvalue weighted by atomic mass is 10.1. The first-order chi connectivity index (χ1) is 14.4. The van der Waals surface area contributed by atoms with Crippen LogP contribution in [-0.2, 0) is 0 Å². The van der Waals surface area contributed by atoms with Gasteiger partial charge in [-0.2, -0.15) is 0 Å². The summed E-state index contributed by atoms with van der Waals surface area (Å²) in [4.78, 5) is 18.3. The molecule has 0 aliphatic carbocycles. The number of ether oxygens (including phenoxy) is 2. The van der Waals surface area contributed by atoms with E-state index in [4.69, 9.17) is 33.3 Å². The summed E-state index contributed by atoms with van der Waals surface area (Å²) < 4.78 is 12.9. The van der Waals surface area contributed by atoms with Gasteiger partial charge < -0.3 is 14.5 Å². The number of imidazole rings is 1. The summed E-state index contributed by atoms with van der Waals surface area (Å²) in [6.45, 7) is 0. The largest absolute Gasteiger partial charge is 0.496 e. The summed E-state index contributed by atoms with van der Waals surface area (Å²) in [6.07, 6.45) is 3.39. The second-order valence-corrected chi connectivity index (χ2v) is 7.11. The van der Waals surface area contributed by atoms with Gasteiger partial charge in [-0.1, -0.05) is 23.7 Å². The molecule has 2 aromatic heterocycles. The predicted octanol–water partition coefficient (Wildman–Crippen LogP) is 5.30. The van der Waals surface area contributed by atoms with Crippen molar-refractivity contribution in [3.05, 3.63) is 68.7 Å². The smallest absolute Gasteiger partial charge is 0.270 e. The molecular weight excluding hydrogens is 428 g/mol. The Bertz CT molecular complexity index is 1350. The minimum Gasteiger partial charge on any atom is -0.496 e. The van der Waals surface area contributed by atoms with Crippen LogP contribution in [0.5, 0.6) is 11.5 Å². The van der Waals surface area contributed by atoms with Crippen molar-refractivity contribution >= 4 is 35.2 Å². The van der Waals surface area contributed by atoms with E-state index in [9.17, 15) is 10.1 Å². The van der Waals surface area contributed by atoms with Crippen molar-refractivity contribution in [1.82, 2.24) is 14.4 Å². The summed E-state index contributed by atoms with van der Waals surface area (Å²) in [5.41, 5.74) is 3.35. The highest BCUT2D eigenvalue weighted by Gasteiger charge is 2.17. The molecule has 1 N–H and O–H groups in total. The number of fused-ring (bicyclic) bond motifs is 1. The van der Waals surface area contributed by atoms with Crippen molar-refractivity contribution in [2.45, 2.75) is 0 Å². The molecule has 0 atom stereocenters. The van der Waals surface area contributed by atoms with E-state index in [1.54, 1.807) is 48.2 Å². The van der Waals surface area contributed by atoms with Gasteiger partial charge in [0.05, 0.1) is 29.9 Å². The fourth-order valence-electron chi connectivity index (χ4n) is 3.21. The highest BCUT2D eigenvalue weighted by Crippen LogP contribution is 2.40. The third kappa shape index (κ3) is 3.38. The molecule has 4 aromatic rings. The van der Waals surface area contributed by atoms with E-state index < -0.39 is 4.92 Å². The minimum atomic E-state index is -0.435. The Morgan fingerprint density at radius 3 is 2.63 bits per heavy atom. The molecule has 0 radical (unpaired) electrons. The zero-order valence-corrected chi connectivity index (χ0v) is 17.5. The van der Waals surface area contributed by atoms with Gasteiger partial charge >= 0.3 is 0 Å². The first-order valence-corrected chi connectivity index (χ1v) is 9.48. The van der Waals surface area contributed by atoms with Gasteiger partial charge in [0.15, 0.2) is 0 Å². The lowest BCUT2D eigenvalue weighted by Gasteiger charge is -2.13. The molecule has 8 nitrogen and oxygen atoms in total. The van der Waals surface area contributed by atoms with Crippen molar-refractivity contribution in [3.8, 4) is 33.9 Å². The second-order valence-electron chi connectivity index (χ2n) is 6.34. The summed E-state index contributed by atoms with van der Waals surface area (Å²) >= 11 is 11.6. The number of nitrogens with zero attached hydrogens (tertiary/aromatic N) is 3. The Hall–Kier alpha value is -3.43. The fraction of sp³-hybridized carbons (Fsp3) is 0.100. The molecule has 152 valence electrons. The number of benzene rings is 2. The Morgan fingerprint density at radius 2 is 1.93 bits per heavy atom. The number of halogens is 1. The zero-order chi connectivity index (χ0) is 21.4. The summed E-state index contributed by atoms with van der Waals surface area (Å²) in [5.74, 6) is 1.02. The molecule has 2 heterocycles. The highest BCUT2D eigenvalue weighted by molar-refractivity contribution is 7.71. The molecule has 4 rings (SSSR count). The maximum atomic E-state index is 11.1. The average Bonchev–Trinajstić information content (AvgIpc) is 3.20. The van der Waals surface area contributed by atoms with Crippen LogP contribution >= 0.6 is 23.8 Å². The number of nitro groups is 1. The zero-order valence-electron chi connectivity index (χ0n) is 15.9. The standard InChI is InChI=1S/C20H15ClN4O4S/c1-28-17-8-15(21)18(29-2)7-13(17)14-9-22-20(30)24-10-16(23-19(14)24)11-4-3-5-12(6-11)25(26)27/h3-10,23H,1-2H3. The third-order valence-electron chi connectivity index (χ3n) is 4.65. The molecule has 0 unspecified atom stereocenters. The molecule has 0 fully saturated rings. The van der Waals surface area contributed by atoms with Crippen LogP contribution < -0.4 is 9.47 Å². The monoisotopic (exact) mass is 442 g/mol. The molecule has 0 amide bonds. The minimum absolute atomic E-state index is 0.00258. The van der Waals surface area contributed by atoms with Crippen molar-refractivity contribution in [1.29, 1.82) is 0 Å². The molecular formula is C20H15ClN4O4S. The molecule has 0 bridgehead atoms. The number of hydrogen-bond acceptors (Lipinski definition) is 6. The van der Waals surface area contributed by atoms with Crippen LogP contribution in [0.4, 0.5) is 5.69 Å². The van der Waals surface area contributed by atoms with Crippen molar-refractivity contribution < 1.29 is 14.4 Å². The summed E-state index contributed by atoms with van der Waals surface area (Å²) in [5, 5.41) is 11.6. The van der Waals surface area contributed by atoms with Crippen LogP contribution in [0.3, 0.4) is 0 Å². The third-order valence-corrected chi connectivity index (χ3v) is 5.25. The van der Waals surface area contributed by atoms with Gasteiger partial charge in [0, 0.05) is 47.3 Å². The van der Waals surface area contributed by atoms with Gasteiger partial charge in [0.2, 0.25) is 4.77 Å². The molecule has 0 saturated heterocycles. The topological polar surface area (TPSA) is 94.7 Å². The maximum absolute atomic E-state index is 11.1. The number of methoxy groups -OCH3 is 2. The van der Waals surface area contributed by atoms with Crippen LogP contribution in [0.1, 0.15) is 0 Å². The van der Waals surface area contributed by atoms with Crippen molar-refractivity contribution in [3.63, 3.8) is 0 Å². The summed E-state index contributed by atoms with van der Waals surface area (Å²) in [6, 6.07) is 9.77. The van der Waals surface area contributed by atoms with E-state index in [1.165, 1.54) is 19.2 Å². The Morgan fingerprint density at radius 1 is 1.17 bits per heavy atom. The van der Waals surface area contributed by atoms with E-state index in [2.05, 4.69) is 9.97 Å². The van der Waals surface area contributed by atoms with Crippen LogP contribution in [0.2, 0.25) is 5.02 Å². The van der Waals surface area contributed by atoms with Crippen LogP contribution in [0.15, 0.2) is 48.8 Å². The molecule has 0 aliphatic heterocycles. The number of H-pyrrole nitrogens is 1. The molecule has 10 heteroatoms. The number of rotatable bonds is 5. The van der Waals surface area contributed by atoms with Crippen LogP contribution in [0.25, 0.3) is 28.0 Å². The van der Waals surface area contributed by atoms with E-state index in [1.807, 2.05) is 0 Å². The first-order valence-electron chi connectivity index (χ1n) is 8.70. The number of nitro benzene ring substituents is 1. The molecule has 0 spiro atoms. The number of aromatic amines is 1. The molecule has 0 aliphatic rings. The maximum Gasteiger partial charge on any atom is 0.270 e. The van der Waals surface area contributed by atoms with Gasteiger partial charge in [-0.05, 0) is 18.3 Å². The Balaban J connectivity index is 1.96. The van der Waals surface area contributed by atoms with Gasteiger partial charge in [0.25, 0.3) is 5.69 Å². The van der Waals surface area contributed by atoms with E-state index in [-0.39, 0.29) is 5.69 Å². The molecule has 30 heavy (non-hydrogen) atoms. The van der Waals surface area contributed by atoms with E-state index >= 15 is 0 Å². The van der Waals surface area contributed by atoms with Crippen LogP contribution in [-0.4, -0.2) is 33.5 Å². The van der Waals surface area contributed by atoms with E-state index in [0.29, 0.717) is 49.3 Å². The van der Waals surface area contributed by atoms with Gasteiger partial charge in [-0.25, -0.2) is 4.98 Å². The molecule has 0 saturated carbocycles.